The lowest BCUT2D eigenvalue weighted by atomic mass is 9.86. The first-order chi connectivity index (χ1) is 22.5. The van der Waals surface area contributed by atoms with Crippen molar-refractivity contribution in [1.82, 2.24) is 0 Å². The second-order valence-corrected chi connectivity index (χ2v) is 27.4. The van der Waals surface area contributed by atoms with Gasteiger partial charge < -0.3 is 23.1 Å². The molecule has 0 bridgehead atoms. The van der Waals surface area contributed by atoms with E-state index >= 15 is 0 Å². The lowest BCUT2D eigenvalue weighted by Gasteiger charge is -2.46. The third-order valence-corrected chi connectivity index (χ3v) is 20.7. The van der Waals surface area contributed by atoms with Crippen molar-refractivity contribution in [3.05, 3.63) is 36.0 Å². The second-order valence-electron chi connectivity index (χ2n) is 17.9. The van der Waals surface area contributed by atoms with Crippen LogP contribution in [-0.4, -0.2) is 59.4 Å². The number of hydrogen-bond donors (Lipinski definition) is 0. The number of unbranched alkanes of at least 4 members (excludes halogenated alkanes) is 1. The zero-order chi connectivity index (χ0) is 37.5. The number of allylic oxidation sites excluding steroid dienone is 2. The number of methoxy groups -OCH3 is 1. The largest absolute Gasteiger partial charge is 0.466 e. The Morgan fingerprint density at radius 1 is 1.00 bits per heavy atom. The summed E-state index contributed by atoms with van der Waals surface area (Å²) in [6.07, 6.45) is 23.1. The van der Waals surface area contributed by atoms with Crippen molar-refractivity contribution in [3.63, 3.8) is 0 Å². The molecule has 2 fully saturated rings. The highest BCUT2D eigenvalue weighted by molar-refractivity contribution is 6.74. The van der Waals surface area contributed by atoms with E-state index in [-0.39, 0.29) is 40.3 Å². The fraction of sp³-hybridized carbons (Fsp3) is 0.780. The first-order valence-electron chi connectivity index (χ1n) is 18.8. The van der Waals surface area contributed by atoms with Gasteiger partial charge in [-0.15, -0.1) is 6.42 Å². The Bertz CT molecular complexity index is 1220. The third kappa shape index (κ3) is 11.8. The minimum atomic E-state index is -2.12. The summed E-state index contributed by atoms with van der Waals surface area (Å²) in [5, 5.41) is 0.118. The van der Waals surface area contributed by atoms with E-state index in [4.69, 9.17) is 29.5 Å². The van der Waals surface area contributed by atoms with Gasteiger partial charge in [0.05, 0.1) is 19.3 Å². The van der Waals surface area contributed by atoms with Crippen LogP contribution in [0.1, 0.15) is 121 Å². The molecule has 0 amide bonds. The van der Waals surface area contributed by atoms with E-state index in [1.54, 1.807) is 0 Å². The predicted octanol–water partition coefficient (Wildman–Crippen LogP) is 10.9. The number of carbonyl (C=O) groups is 1. The Balaban J connectivity index is 2.27. The molecule has 0 N–H and O–H groups in total. The Morgan fingerprint density at radius 3 is 2.16 bits per heavy atom. The Hall–Kier alpha value is -1.48. The molecule has 0 unspecified atom stereocenters. The van der Waals surface area contributed by atoms with Crippen molar-refractivity contribution in [1.29, 1.82) is 0 Å². The topological polar surface area (TPSA) is 63.2 Å². The van der Waals surface area contributed by atoms with Crippen molar-refractivity contribution < 1.29 is 27.9 Å². The molecule has 49 heavy (non-hydrogen) atoms. The Kier molecular flexibility index (Phi) is 15.5. The van der Waals surface area contributed by atoms with Crippen molar-refractivity contribution in [2.24, 2.45) is 11.8 Å². The predicted molar refractivity (Wildman–Crippen MR) is 209 cm³/mol. The summed E-state index contributed by atoms with van der Waals surface area (Å²) in [7, 11) is -2.79. The molecular weight excluding hydrogens is 645 g/mol. The summed E-state index contributed by atoms with van der Waals surface area (Å²) in [6.45, 7) is 31.3. The quantitative estimate of drug-likeness (QED) is 0.0553. The lowest BCUT2D eigenvalue weighted by molar-refractivity contribution is -0.306. The van der Waals surface area contributed by atoms with E-state index in [9.17, 15) is 4.79 Å². The van der Waals surface area contributed by atoms with E-state index in [0.29, 0.717) is 5.92 Å². The van der Waals surface area contributed by atoms with Crippen LogP contribution in [0.5, 0.6) is 0 Å². The molecule has 1 spiro atoms. The Labute approximate surface area is 303 Å². The van der Waals surface area contributed by atoms with Crippen LogP contribution in [0.15, 0.2) is 36.0 Å². The number of esters is 1. The molecule has 0 aromatic heterocycles. The normalized spacial score (nSPS) is 27.8. The van der Waals surface area contributed by atoms with Crippen molar-refractivity contribution >= 4 is 22.6 Å². The van der Waals surface area contributed by atoms with Crippen LogP contribution < -0.4 is 0 Å². The molecule has 2 aliphatic rings. The Morgan fingerprint density at radius 2 is 1.61 bits per heavy atom. The summed E-state index contributed by atoms with van der Waals surface area (Å²) in [5.74, 6) is 2.48. The molecule has 2 aliphatic heterocycles. The van der Waals surface area contributed by atoms with E-state index in [1.807, 2.05) is 6.08 Å². The number of terminal acetylenes is 1. The molecule has 8 heteroatoms. The molecule has 0 aromatic rings. The van der Waals surface area contributed by atoms with Crippen LogP contribution in [0.2, 0.25) is 36.3 Å². The number of hydrogen-bond acceptors (Lipinski definition) is 6. The summed E-state index contributed by atoms with van der Waals surface area (Å²) >= 11 is 0. The van der Waals surface area contributed by atoms with Gasteiger partial charge in [0.15, 0.2) is 22.4 Å². The van der Waals surface area contributed by atoms with Gasteiger partial charge in [0.25, 0.3) is 0 Å². The highest BCUT2D eigenvalue weighted by Gasteiger charge is 2.57. The molecule has 0 aromatic carbocycles. The molecule has 2 saturated heterocycles. The maximum atomic E-state index is 11.8. The van der Waals surface area contributed by atoms with Crippen molar-refractivity contribution in [3.8, 4) is 12.3 Å². The molecule has 2 heterocycles. The number of rotatable bonds is 15. The SMILES string of the molecule is C#C[C@H](O[Si](C)(C)C(C)(C)C)[C@@]1(CCCC)CC[C@]2(CC[C@H](C)[C@@H](C/C=C(C)/C=C/[C@H](O[Si](C)(C)C(C)(C)C)[C@@H](C)/C=C/C(=O)OC)O2)O1. The molecule has 2 rings (SSSR count). The number of ether oxygens (including phenoxy) is 3. The first-order valence-corrected chi connectivity index (χ1v) is 24.6. The number of carbonyl (C=O) groups excluding carboxylic acids is 1. The second kappa shape index (κ2) is 17.4. The zero-order valence-corrected chi connectivity index (χ0v) is 36.0. The van der Waals surface area contributed by atoms with Crippen LogP contribution in [0, 0.1) is 24.2 Å². The molecule has 0 radical (unpaired) electrons. The average molecular weight is 717 g/mol. The smallest absolute Gasteiger partial charge is 0.330 e. The minimum absolute atomic E-state index is 0.00113. The maximum Gasteiger partial charge on any atom is 0.330 e. The van der Waals surface area contributed by atoms with Crippen molar-refractivity contribution in [2.45, 2.75) is 187 Å². The lowest BCUT2D eigenvalue weighted by Crippen LogP contribution is -2.54. The van der Waals surface area contributed by atoms with Crippen molar-refractivity contribution in [2.75, 3.05) is 7.11 Å². The fourth-order valence-electron chi connectivity index (χ4n) is 6.09. The van der Waals surface area contributed by atoms with E-state index in [0.717, 1.165) is 56.9 Å². The highest BCUT2D eigenvalue weighted by Crippen LogP contribution is 2.51. The van der Waals surface area contributed by atoms with Crippen LogP contribution >= 0.6 is 0 Å². The van der Waals surface area contributed by atoms with Gasteiger partial charge in [-0.2, -0.15) is 0 Å². The van der Waals surface area contributed by atoms with E-state index < -0.39 is 28.0 Å². The summed E-state index contributed by atoms with van der Waals surface area (Å²) in [5.41, 5.74) is 0.626. The minimum Gasteiger partial charge on any atom is -0.466 e. The van der Waals surface area contributed by atoms with Gasteiger partial charge in [-0.3, -0.25) is 0 Å². The third-order valence-electron chi connectivity index (χ3n) is 11.8. The molecular formula is C41H72O6Si2. The maximum absolute atomic E-state index is 11.8. The molecule has 0 saturated carbocycles. The van der Waals surface area contributed by atoms with Gasteiger partial charge in [-0.05, 0) is 74.8 Å². The standard InChI is InChI=1S/C41H72O6Si2/c1-17-19-27-40(36(18-2)46-49(15,16)39(9,10)11)29-30-41(47-40)28-26-33(5)34(44-41)23-20-31(3)21-24-35(32(4)22-25-37(42)43-12)45-48(13,14)38(6,7)8/h2,20-22,24-25,32-36H,17,19,23,26-30H2,1,3-16H3/b24-21+,25-22+,31-20+/t32-,33-,34+,35-,36-,40+,41-/m0/s1. The van der Waals surface area contributed by atoms with Gasteiger partial charge >= 0.3 is 5.97 Å². The average Bonchev–Trinajstić information content (AvgIpc) is 3.37. The molecule has 6 nitrogen and oxygen atoms in total. The summed E-state index contributed by atoms with van der Waals surface area (Å²) < 4.78 is 32.7. The first kappa shape index (κ1) is 43.7. The summed E-state index contributed by atoms with van der Waals surface area (Å²) in [6, 6.07) is 0. The molecule has 0 aliphatic carbocycles. The monoisotopic (exact) mass is 716 g/mol. The van der Waals surface area contributed by atoms with Gasteiger partial charge in [0.2, 0.25) is 0 Å². The van der Waals surface area contributed by atoms with Crippen LogP contribution in [0.3, 0.4) is 0 Å². The summed E-state index contributed by atoms with van der Waals surface area (Å²) in [4.78, 5) is 11.8. The van der Waals surface area contributed by atoms with Crippen LogP contribution in [0.4, 0.5) is 0 Å². The van der Waals surface area contributed by atoms with Gasteiger partial charge in [-0.25, -0.2) is 4.79 Å². The van der Waals surface area contributed by atoms with Gasteiger partial charge in [-0.1, -0.05) is 111 Å². The molecule has 7 atom stereocenters. The van der Waals surface area contributed by atoms with Gasteiger partial charge in [0, 0.05) is 24.8 Å². The van der Waals surface area contributed by atoms with E-state index in [1.165, 1.54) is 13.2 Å². The fourth-order valence-corrected chi connectivity index (χ4v) is 8.65. The van der Waals surface area contributed by atoms with Crippen LogP contribution in [0.25, 0.3) is 0 Å². The van der Waals surface area contributed by atoms with E-state index in [2.05, 4.69) is 120 Å². The molecule has 280 valence electrons. The van der Waals surface area contributed by atoms with Gasteiger partial charge in [0.1, 0.15) is 11.7 Å². The highest BCUT2D eigenvalue weighted by atomic mass is 28.4. The zero-order valence-electron chi connectivity index (χ0n) is 34.0. The van der Waals surface area contributed by atoms with Crippen LogP contribution in [-0.2, 0) is 27.9 Å².